The standard InChI is InChI=1S/C24H28N6O/c1-17-7-9-20(10-8-17)26-22-16-19(3)25-23(28-22)29-11-13-30(14-12-29)24(31)27-21-6-4-5-18(2)15-21/h4-10,15-16H,11-14H2,1-3H3,(H,27,31)(H,25,26,28). The minimum Gasteiger partial charge on any atom is -0.340 e. The Morgan fingerprint density at radius 3 is 2.29 bits per heavy atom. The van der Waals surface area contributed by atoms with Crippen molar-refractivity contribution in [1.82, 2.24) is 14.9 Å². The molecule has 0 radical (unpaired) electrons. The zero-order chi connectivity index (χ0) is 21.8. The van der Waals surface area contributed by atoms with Crippen molar-refractivity contribution >= 4 is 29.2 Å². The number of aryl methyl sites for hydroxylation is 3. The Morgan fingerprint density at radius 2 is 1.58 bits per heavy atom. The molecule has 160 valence electrons. The predicted octanol–water partition coefficient (Wildman–Crippen LogP) is 4.50. The van der Waals surface area contributed by atoms with Crippen molar-refractivity contribution in [2.45, 2.75) is 20.8 Å². The number of rotatable bonds is 4. The number of urea groups is 1. The van der Waals surface area contributed by atoms with Crippen LogP contribution >= 0.6 is 0 Å². The SMILES string of the molecule is Cc1ccc(Nc2cc(C)nc(N3CCN(C(=O)Nc4cccc(C)c4)CC3)n2)cc1. The minimum atomic E-state index is -0.0721. The van der Waals surface area contributed by atoms with Crippen LogP contribution in [0.15, 0.2) is 54.6 Å². The Bertz CT molecular complexity index is 1060. The zero-order valence-electron chi connectivity index (χ0n) is 18.2. The van der Waals surface area contributed by atoms with Gasteiger partial charge in [0.15, 0.2) is 0 Å². The van der Waals surface area contributed by atoms with Gasteiger partial charge >= 0.3 is 6.03 Å². The number of piperazine rings is 1. The van der Waals surface area contributed by atoms with Gasteiger partial charge in [-0.05, 0) is 50.6 Å². The maximum absolute atomic E-state index is 12.6. The molecule has 7 heteroatoms. The van der Waals surface area contributed by atoms with E-state index in [1.165, 1.54) is 5.56 Å². The molecule has 2 aromatic carbocycles. The third kappa shape index (κ3) is 5.31. The highest BCUT2D eigenvalue weighted by Crippen LogP contribution is 2.20. The van der Waals surface area contributed by atoms with Crippen molar-refractivity contribution in [2.24, 2.45) is 0 Å². The van der Waals surface area contributed by atoms with Gasteiger partial charge in [0.1, 0.15) is 5.82 Å². The average Bonchev–Trinajstić information content (AvgIpc) is 2.75. The lowest BCUT2D eigenvalue weighted by Gasteiger charge is -2.34. The monoisotopic (exact) mass is 416 g/mol. The van der Waals surface area contributed by atoms with Crippen LogP contribution in [0, 0.1) is 20.8 Å². The van der Waals surface area contributed by atoms with Gasteiger partial charge in [-0.15, -0.1) is 0 Å². The van der Waals surface area contributed by atoms with Crippen LogP contribution in [0.3, 0.4) is 0 Å². The van der Waals surface area contributed by atoms with Crippen molar-refractivity contribution < 1.29 is 4.79 Å². The van der Waals surface area contributed by atoms with Crippen LogP contribution in [0.25, 0.3) is 0 Å². The smallest absolute Gasteiger partial charge is 0.321 e. The number of amides is 2. The molecule has 2 heterocycles. The highest BCUT2D eigenvalue weighted by Gasteiger charge is 2.23. The van der Waals surface area contributed by atoms with Crippen molar-refractivity contribution in [3.05, 3.63) is 71.4 Å². The number of anilines is 4. The van der Waals surface area contributed by atoms with Gasteiger partial charge in [0.2, 0.25) is 5.95 Å². The van der Waals surface area contributed by atoms with Crippen LogP contribution < -0.4 is 15.5 Å². The zero-order valence-corrected chi connectivity index (χ0v) is 18.2. The molecular formula is C24H28N6O. The second-order valence-corrected chi connectivity index (χ2v) is 7.96. The summed E-state index contributed by atoms with van der Waals surface area (Å²) in [5.41, 5.74) is 5.05. The summed E-state index contributed by atoms with van der Waals surface area (Å²) in [6.45, 7) is 8.67. The van der Waals surface area contributed by atoms with Gasteiger partial charge in [-0.3, -0.25) is 0 Å². The molecule has 1 aromatic heterocycles. The first-order chi connectivity index (χ1) is 15.0. The third-order valence-corrected chi connectivity index (χ3v) is 5.29. The fourth-order valence-electron chi connectivity index (χ4n) is 3.58. The van der Waals surface area contributed by atoms with E-state index in [-0.39, 0.29) is 6.03 Å². The largest absolute Gasteiger partial charge is 0.340 e. The van der Waals surface area contributed by atoms with E-state index >= 15 is 0 Å². The van der Waals surface area contributed by atoms with Gasteiger partial charge < -0.3 is 20.4 Å². The molecule has 31 heavy (non-hydrogen) atoms. The van der Waals surface area contributed by atoms with Crippen molar-refractivity contribution in [1.29, 1.82) is 0 Å². The van der Waals surface area contributed by atoms with Crippen LogP contribution in [0.2, 0.25) is 0 Å². The van der Waals surface area contributed by atoms with Crippen LogP contribution in [0.5, 0.6) is 0 Å². The van der Waals surface area contributed by atoms with Gasteiger partial charge in [0, 0.05) is 49.3 Å². The molecule has 1 saturated heterocycles. The van der Waals surface area contributed by atoms with E-state index in [1.54, 1.807) is 0 Å². The van der Waals surface area contributed by atoms with E-state index < -0.39 is 0 Å². The molecule has 0 aliphatic carbocycles. The highest BCUT2D eigenvalue weighted by molar-refractivity contribution is 5.89. The van der Waals surface area contributed by atoms with Gasteiger partial charge in [0.05, 0.1) is 0 Å². The molecule has 7 nitrogen and oxygen atoms in total. The second kappa shape index (κ2) is 9.04. The Labute approximate surface area is 183 Å². The molecule has 0 spiro atoms. The van der Waals surface area contributed by atoms with E-state index in [9.17, 15) is 4.79 Å². The molecular weight excluding hydrogens is 388 g/mol. The molecule has 0 unspecified atom stereocenters. The summed E-state index contributed by atoms with van der Waals surface area (Å²) in [6, 6.07) is 17.9. The minimum absolute atomic E-state index is 0.0721. The molecule has 2 N–H and O–H groups in total. The fourth-order valence-corrected chi connectivity index (χ4v) is 3.58. The quantitative estimate of drug-likeness (QED) is 0.655. The van der Waals surface area contributed by atoms with Gasteiger partial charge in [-0.2, -0.15) is 4.98 Å². The average molecular weight is 417 g/mol. The third-order valence-electron chi connectivity index (χ3n) is 5.29. The Balaban J connectivity index is 1.38. The lowest BCUT2D eigenvalue weighted by atomic mass is 10.2. The molecule has 0 bridgehead atoms. The molecule has 1 aliphatic rings. The lowest BCUT2D eigenvalue weighted by Crippen LogP contribution is -2.50. The van der Waals surface area contributed by atoms with Gasteiger partial charge in [0.25, 0.3) is 0 Å². The highest BCUT2D eigenvalue weighted by atomic mass is 16.2. The first kappa shape index (κ1) is 20.7. The number of hydrogen-bond donors (Lipinski definition) is 2. The number of carbonyl (C=O) groups is 1. The van der Waals surface area contributed by atoms with Crippen molar-refractivity contribution in [3.63, 3.8) is 0 Å². The molecule has 2 amide bonds. The van der Waals surface area contributed by atoms with Crippen LogP contribution in [0.1, 0.15) is 16.8 Å². The topological polar surface area (TPSA) is 73.4 Å². The number of nitrogens with zero attached hydrogens (tertiary/aromatic N) is 4. The van der Waals surface area contributed by atoms with Crippen molar-refractivity contribution in [2.75, 3.05) is 41.7 Å². The van der Waals surface area contributed by atoms with Crippen molar-refractivity contribution in [3.8, 4) is 0 Å². The second-order valence-electron chi connectivity index (χ2n) is 7.96. The first-order valence-electron chi connectivity index (χ1n) is 10.5. The van der Waals surface area contributed by atoms with Crippen LogP contribution in [0.4, 0.5) is 27.9 Å². The summed E-state index contributed by atoms with van der Waals surface area (Å²) in [4.78, 5) is 25.9. The molecule has 4 rings (SSSR count). The van der Waals surface area contributed by atoms with E-state index in [0.29, 0.717) is 32.1 Å². The summed E-state index contributed by atoms with van der Waals surface area (Å²) in [5.74, 6) is 1.46. The summed E-state index contributed by atoms with van der Waals surface area (Å²) in [6.07, 6.45) is 0. The molecule has 1 aliphatic heterocycles. The Morgan fingerprint density at radius 1 is 0.839 bits per heavy atom. The molecule has 0 saturated carbocycles. The molecule has 3 aromatic rings. The maximum Gasteiger partial charge on any atom is 0.321 e. The van der Waals surface area contributed by atoms with Crippen LogP contribution in [-0.4, -0.2) is 47.1 Å². The number of benzene rings is 2. The fraction of sp³-hybridized carbons (Fsp3) is 0.292. The Kier molecular flexibility index (Phi) is 6.02. The van der Waals surface area contributed by atoms with Crippen LogP contribution in [-0.2, 0) is 0 Å². The molecule has 1 fully saturated rings. The normalized spacial score (nSPS) is 13.8. The predicted molar refractivity (Wildman–Crippen MR) is 125 cm³/mol. The van der Waals surface area contributed by atoms with E-state index in [1.807, 2.05) is 61.2 Å². The number of aromatic nitrogens is 2. The van der Waals surface area contributed by atoms with E-state index in [4.69, 9.17) is 4.98 Å². The maximum atomic E-state index is 12.6. The van der Waals surface area contributed by atoms with E-state index in [0.717, 1.165) is 28.5 Å². The number of carbonyl (C=O) groups excluding carboxylic acids is 1. The summed E-state index contributed by atoms with van der Waals surface area (Å²) in [7, 11) is 0. The van der Waals surface area contributed by atoms with Gasteiger partial charge in [-0.1, -0.05) is 29.8 Å². The summed E-state index contributed by atoms with van der Waals surface area (Å²) < 4.78 is 0. The Hall–Kier alpha value is -3.61. The number of hydrogen-bond acceptors (Lipinski definition) is 5. The van der Waals surface area contributed by atoms with E-state index in [2.05, 4.69) is 39.6 Å². The summed E-state index contributed by atoms with van der Waals surface area (Å²) >= 11 is 0. The number of nitrogens with one attached hydrogen (secondary N) is 2. The molecule has 0 atom stereocenters. The van der Waals surface area contributed by atoms with Gasteiger partial charge in [-0.25, -0.2) is 9.78 Å². The summed E-state index contributed by atoms with van der Waals surface area (Å²) in [5, 5.41) is 6.34. The lowest BCUT2D eigenvalue weighted by molar-refractivity contribution is 0.208. The first-order valence-corrected chi connectivity index (χ1v) is 10.5.